The number of rotatable bonds is 5. The first-order chi connectivity index (χ1) is 7.79. The van der Waals surface area contributed by atoms with E-state index >= 15 is 0 Å². The van der Waals surface area contributed by atoms with E-state index < -0.39 is 0 Å². The monoisotopic (exact) mass is 221 g/mol. The lowest BCUT2D eigenvalue weighted by atomic mass is 10.1. The topological polar surface area (TPSA) is 29.9 Å². The highest BCUT2D eigenvalue weighted by Gasteiger charge is 2.20. The number of hydrogen-bond donors (Lipinski definition) is 1. The molecule has 1 N–H and O–H groups in total. The second kappa shape index (κ2) is 5.48. The summed E-state index contributed by atoms with van der Waals surface area (Å²) in [5.41, 5.74) is 1.32. The van der Waals surface area contributed by atoms with Crippen molar-refractivity contribution in [3.63, 3.8) is 0 Å². The Morgan fingerprint density at radius 2 is 2.38 bits per heavy atom. The highest BCUT2D eigenvalue weighted by atomic mass is 15.1. The van der Waals surface area contributed by atoms with Crippen molar-refractivity contribution in [3.05, 3.63) is 18.2 Å². The molecule has 0 bridgehead atoms. The molecule has 2 atom stereocenters. The van der Waals surface area contributed by atoms with Gasteiger partial charge in [-0.2, -0.15) is 0 Å². The molecule has 0 amide bonds. The third-order valence-corrected chi connectivity index (χ3v) is 3.53. The zero-order chi connectivity index (χ0) is 11.4. The minimum atomic E-state index is 0.722. The van der Waals surface area contributed by atoms with Crippen LogP contribution in [0.25, 0.3) is 0 Å². The molecule has 2 rings (SSSR count). The van der Waals surface area contributed by atoms with Gasteiger partial charge in [-0.1, -0.05) is 13.8 Å². The Morgan fingerprint density at radius 3 is 3.06 bits per heavy atom. The van der Waals surface area contributed by atoms with Crippen LogP contribution in [0.15, 0.2) is 12.5 Å². The zero-order valence-electron chi connectivity index (χ0n) is 10.4. The molecule has 1 heterocycles. The molecule has 16 heavy (non-hydrogen) atoms. The third kappa shape index (κ3) is 2.85. The van der Waals surface area contributed by atoms with Crippen molar-refractivity contribution < 1.29 is 0 Å². The van der Waals surface area contributed by atoms with Crippen LogP contribution in [0.2, 0.25) is 0 Å². The lowest BCUT2D eigenvalue weighted by Gasteiger charge is -2.13. The van der Waals surface area contributed by atoms with Gasteiger partial charge in [-0.25, -0.2) is 4.98 Å². The Labute approximate surface area is 98.3 Å². The molecule has 1 saturated carbocycles. The van der Waals surface area contributed by atoms with Gasteiger partial charge in [0.2, 0.25) is 0 Å². The van der Waals surface area contributed by atoms with E-state index in [2.05, 4.69) is 28.7 Å². The number of aryl methyl sites for hydroxylation is 1. The van der Waals surface area contributed by atoms with E-state index in [9.17, 15) is 0 Å². The maximum absolute atomic E-state index is 4.22. The van der Waals surface area contributed by atoms with Gasteiger partial charge in [0.1, 0.15) is 0 Å². The van der Waals surface area contributed by atoms with Gasteiger partial charge in [-0.3, -0.25) is 0 Å². The van der Waals surface area contributed by atoms with Gasteiger partial charge in [0.25, 0.3) is 0 Å². The Balaban J connectivity index is 1.82. The largest absolute Gasteiger partial charge is 0.333 e. The van der Waals surface area contributed by atoms with Crippen LogP contribution in [-0.2, 0) is 13.1 Å². The van der Waals surface area contributed by atoms with Crippen LogP contribution in [0.4, 0.5) is 0 Å². The van der Waals surface area contributed by atoms with Crippen molar-refractivity contribution in [2.75, 3.05) is 0 Å². The van der Waals surface area contributed by atoms with Crippen LogP contribution in [0.1, 0.15) is 45.2 Å². The first kappa shape index (κ1) is 11.6. The number of nitrogens with zero attached hydrogens (tertiary/aromatic N) is 2. The van der Waals surface area contributed by atoms with E-state index in [1.54, 1.807) is 0 Å². The number of imidazole rings is 1. The maximum Gasteiger partial charge on any atom is 0.0948 e. The summed E-state index contributed by atoms with van der Waals surface area (Å²) in [5, 5.41) is 3.65. The molecule has 1 aromatic heterocycles. The molecule has 90 valence electrons. The van der Waals surface area contributed by atoms with Crippen LogP contribution in [0.3, 0.4) is 0 Å². The van der Waals surface area contributed by atoms with Crippen LogP contribution >= 0.6 is 0 Å². The second-order valence-corrected chi connectivity index (χ2v) is 5.07. The molecule has 1 fully saturated rings. The van der Waals surface area contributed by atoms with Crippen LogP contribution in [0, 0.1) is 5.92 Å². The summed E-state index contributed by atoms with van der Waals surface area (Å²) in [7, 11) is 0. The molecule has 0 saturated heterocycles. The van der Waals surface area contributed by atoms with Gasteiger partial charge in [0.05, 0.1) is 12.0 Å². The average molecular weight is 221 g/mol. The van der Waals surface area contributed by atoms with Crippen molar-refractivity contribution >= 4 is 0 Å². The molecule has 0 radical (unpaired) electrons. The Morgan fingerprint density at radius 1 is 1.50 bits per heavy atom. The van der Waals surface area contributed by atoms with Gasteiger partial charge in [0, 0.05) is 25.3 Å². The van der Waals surface area contributed by atoms with Crippen LogP contribution in [0.5, 0.6) is 0 Å². The molecule has 1 aliphatic rings. The summed E-state index contributed by atoms with van der Waals surface area (Å²) in [6, 6.07) is 0.722. The second-order valence-electron chi connectivity index (χ2n) is 5.07. The van der Waals surface area contributed by atoms with Crippen molar-refractivity contribution in [3.8, 4) is 0 Å². The molecule has 0 aromatic carbocycles. The fraction of sp³-hybridized carbons (Fsp3) is 0.769. The smallest absolute Gasteiger partial charge is 0.0948 e. The average Bonchev–Trinajstić information content (AvgIpc) is 2.85. The first-order valence-corrected chi connectivity index (χ1v) is 6.52. The van der Waals surface area contributed by atoms with Crippen LogP contribution < -0.4 is 5.32 Å². The molecule has 3 nitrogen and oxygen atoms in total. The van der Waals surface area contributed by atoms with Crippen molar-refractivity contribution in [2.24, 2.45) is 5.92 Å². The van der Waals surface area contributed by atoms with Gasteiger partial charge in [-0.05, 0) is 31.6 Å². The number of hydrogen-bond acceptors (Lipinski definition) is 2. The maximum atomic E-state index is 4.22. The van der Waals surface area contributed by atoms with Gasteiger partial charge in [-0.15, -0.1) is 0 Å². The number of aromatic nitrogens is 2. The molecular weight excluding hydrogens is 198 g/mol. The summed E-state index contributed by atoms with van der Waals surface area (Å²) in [5.74, 6) is 0.901. The summed E-state index contributed by atoms with van der Waals surface area (Å²) < 4.78 is 2.26. The quantitative estimate of drug-likeness (QED) is 0.828. The molecule has 1 aromatic rings. The lowest BCUT2D eigenvalue weighted by Crippen LogP contribution is -2.26. The van der Waals surface area contributed by atoms with Crippen LogP contribution in [-0.4, -0.2) is 15.6 Å². The fourth-order valence-electron chi connectivity index (χ4n) is 2.58. The van der Waals surface area contributed by atoms with E-state index in [1.165, 1.54) is 31.4 Å². The first-order valence-electron chi connectivity index (χ1n) is 6.52. The van der Waals surface area contributed by atoms with Gasteiger partial charge in [0.15, 0.2) is 0 Å². The van der Waals surface area contributed by atoms with Gasteiger partial charge < -0.3 is 9.88 Å². The normalized spacial score (nSPS) is 25.1. The molecule has 3 heteroatoms. The molecule has 1 aliphatic carbocycles. The minimum Gasteiger partial charge on any atom is -0.333 e. The van der Waals surface area contributed by atoms with E-state index in [0.717, 1.165) is 25.0 Å². The van der Waals surface area contributed by atoms with E-state index in [4.69, 9.17) is 0 Å². The third-order valence-electron chi connectivity index (χ3n) is 3.53. The summed E-state index contributed by atoms with van der Waals surface area (Å²) in [6.45, 7) is 6.61. The van der Waals surface area contributed by atoms with Crippen molar-refractivity contribution in [2.45, 2.75) is 58.7 Å². The van der Waals surface area contributed by atoms with Crippen molar-refractivity contribution in [1.82, 2.24) is 14.9 Å². The fourth-order valence-corrected chi connectivity index (χ4v) is 2.58. The molecule has 0 aliphatic heterocycles. The molecular formula is C13H23N3. The number of nitrogens with one attached hydrogen (secondary N) is 1. The highest BCUT2D eigenvalue weighted by Crippen LogP contribution is 2.24. The highest BCUT2D eigenvalue weighted by molar-refractivity contribution is 4.98. The van der Waals surface area contributed by atoms with E-state index in [-0.39, 0.29) is 0 Å². The van der Waals surface area contributed by atoms with E-state index in [0.29, 0.717) is 0 Å². The summed E-state index contributed by atoms with van der Waals surface area (Å²) >= 11 is 0. The summed E-state index contributed by atoms with van der Waals surface area (Å²) in [6.07, 6.45) is 9.15. The SMILES string of the molecule is CCCn1cncc1CNC1CCC(C)C1. The molecule has 2 unspecified atom stereocenters. The van der Waals surface area contributed by atoms with Gasteiger partial charge >= 0.3 is 0 Å². The standard InChI is InChI=1S/C13H23N3/c1-3-6-16-10-14-8-13(16)9-15-12-5-4-11(2)7-12/h8,10-12,15H,3-7,9H2,1-2H3. The minimum absolute atomic E-state index is 0.722. The van der Waals surface area contributed by atoms with E-state index in [1.807, 2.05) is 12.5 Å². The predicted octanol–water partition coefficient (Wildman–Crippen LogP) is 2.57. The Bertz CT molecular complexity index is 319. The Kier molecular flexibility index (Phi) is 3.99. The van der Waals surface area contributed by atoms with Crippen molar-refractivity contribution in [1.29, 1.82) is 0 Å². The Hall–Kier alpha value is -0.830. The predicted molar refractivity (Wildman–Crippen MR) is 66.2 cm³/mol. The lowest BCUT2D eigenvalue weighted by molar-refractivity contribution is 0.488. The summed E-state index contributed by atoms with van der Waals surface area (Å²) in [4.78, 5) is 4.22. The zero-order valence-corrected chi connectivity index (χ0v) is 10.4. The molecule has 0 spiro atoms.